The molecular weight excluding hydrogens is 164 g/mol. The molecule has 0 spiro atoms. The molecule has 79 valence electrons. The Labute approximate surface area is 82.6 Å². The first-order valence-electron chi connectivity index (χ1n) is 5.00. The molecule has 0 saturated carbocycles. The molecular formula is C11H23O2. The second-order valence-corrected chi connectivity index (χ2v) is 4.56. The number of hydrogen-bond donors (Lipinski definition) is 0. The number of rotatable bonds is 6. The van der Waals surface area contributed by atoms with E-state index in [2.05, 4.69) is 13.8 Å². The predicted octanol–water partition coefficient (Wildman–Crippen LogP) is 3.52. The smallest absolute Gasteiger partial charge is 0.210 e. The fraction of sp³-hybridized carbons (Fsp3) is 0.909. The van der Waals surface area contributed by atoms with E-state index in [-0.39, 0.29) is 11.2 Å². The Hall–Kier alpha value is -0.0800. The summed E-state index contributed by atoms with van der Waals surface area (Å²) in [6.07, 6.45) is 1.94. The van der Waals surface area contributed by atoms with E-state index in [4.69, 9.17) is 9.47 Å². The quantitative estimate of drug-likeness (QED) is 0.633. The van der Waals surface area contributed by atoms with Gasteiger partial charge in [-0.25, -0.2) is 0 Å². The molecule has 0 saturated heterocycles. The van der Waals surface area contributed by atoms with Gasteiger partial charge in [-0.1, -0.05) is 13.8 Å². The highest BCUT2D eigenvalue weighted by Crippen LogP contribution is 2.19. The van der Waals surface area contributed by atoms with Crippen molar-refractivity contribution in [2.75, 3.05) is 0 Å². The highest BCUT2D eigenvalue weighted by atomic mass is 16.7. The van der Waals surface area contributed by atoms with Crippen LogP contribution in [0.2, 0.25) is 0 Å². The van der Waals surface area contributed by atoms with Crippen molar-refractivity contribution >= 4 is 0 Å². The van der Waals surface area contributed by atoms with Gasteiger partial charge in [0.2, 0.25) is 6.79 Å². The van der Waals surface area contributed by atoms with Gasteiger partial charge in [-0.2, -0.15) is 0 Å². The van der Waals surface area contributed by atoms with Crippen molar-refractivity contribution in [3.05, 3.63) is 6.79 Å². The number of hydrogen-bond acceptors (Lipinski definition) is 2. The molecule has 0 aliphatic rings. The van der Waals surface area contributed by atoms with Crippen molar-refractivity contribution < 1.29 is 9.47 Å². The van der Waals surface area contributed by atoms with Crippen LogP contribution in [0.15, 0.2) is 0 Å². The van der Waals surface area contributed by atoms with Crippen LogP contribution < -0.4 is 0 Å². The lowest BCUT2D eigenvalue weighted by Crippen LogP contribution is -2.27. The van der Waals surface area contributed by atoms with Crippen molar-refractivity contribution in [1.82, 2.24) is 0 Å². The summed E-state index contributed by atoms with van der Waals surface area (Å²) in [6.45, 7) is 13.9. The maximum atomic E-state index is 5.47. The Morgan fingerprint density at radius 3 is 1.38 bits per heavy atom. The average Bonchev–Trinajstić information content (AvgIpc) is 2.04. The summed E-state index contributed by atoms with van der Waals surface area (Å²) in [7, 11) is 0. The van der Waals surface area contributed by atoms with Gasteiger partial charge in [-0.05, 0) is 40.5 Å². The summed E-state index contributed by atoms with van der Waals surface area (Å²) in [5, 5.41) is 0. The maximum absolute atomic E-state index is 5.47. The molecule has 0 rings (SSSR count). The first-order chi connectivity index (χ1) is 5.83. The molecule has 0 bridgehead atoms. The molecule has 0 N–H and O–H groups in total. The third kappa shape index (κ3) is 6.05. The zero-order valence-corrected chi connectivity index (χ0v) is 9.81. The van der Waals surface area contributed by atoms with Crippen LogP contribution in [0, 0.1) is 6.79 Å². The third-order valence-corrected chi connectivity index (χ3v) is 2.44. The lowest BCUT2D eigenvalue weighted by molar-refractivity contribution is -0.118. The highest BCUT2D eigenvalue weighted by Gasteiger charge is 2.20. The van der Waals surface area contributed by atoms with E-state index in [1.807, 2.05) is 27.7 Å². The molecule has 0 unspecified atom stereocenters. The topological polar surface area (TPSA) is 18.5 Å². The molecule has 0 aromatic heterocycles. The monoisotopic (exact) mass is 187 g/mol. The third-order valence-electron chi connectivity index (χ3n) is 2.44. The van der Waals surface area contributed by atoms with Gasteiger partial charge in [0.05, 0.1) is 11.2 Å². The molecule has 1 radical (unpaired) electrons. The zero-order chi connectivity index (χ0) is 10.5. The molecule has 2 heteroatoms. The lowest BCUT2D eigenvalue weighted by Gasteiger charge is -2.27. The van der Waals surface area contributed by atoms with E-state index < -0.39 is 0 Å². The summed E-state index contributed by atoms with van der Waals surface area (Å²) in [6, 6.07) is 0. The van der Waals surface area contributed by atoms with Crippen molar-refractivity contribution in [2.45, 2.75) is 65.6 Å². The van der Waals surface area contributed by atoms with E-state index in [0.717, 1.165) is 12.8 Å². The number of ether oxygens (including phenoxy) is 2. The fourth-order valence-electron chi connectivity index (χ4n) is 0.451. The van der Waals surface area contributed by atoms with Gasteiger partial charge in [0.25, 0.3) is 0 Å². The van der Waals surface area contributed by atoms with Crippen LogP contribution in [0.5, 0.6) is 0 Å². The Kier molecular flexibility index (Phi) is 4.93. The van der Waals surface area contributed by atoms with E-state index in [0.29, 0.717) is 0 Å². The van der Waals surface area contributed by atoms with Gasteiger partial charge in [0.1, 0.15) is 0 Å². The van der Waals surface area contributed by atoms with Crippen LogP contribution in [0.4, 0.5) is 0 Å². The summed E-state index contributed by atoms with van der Waals surface area (Å²) in [5.74, 6) is 0. The van der Waals surface area contributed by atoms with Gasteiger partial charge in [0.15, 0.2) is 0 Å². The van der Waals surface area contributed by atoms with Crippen molar-refractivity contribution in [3.8, 4) is 0 Å². The summed E-state index contributed by atoms with van der Waals surface area (Å²) >= 11 is 0. The van der Waals surface area contributed by atoms with Crippen LogP contribution in [-0.2, 0) is 9.47 Å². The molecule has 0 heterocycles. The van der Waals surface area contributed by atoms with Crippen molar-refractivity contribution in [2.24, 2.45) is 0 Å². The highest BCUT2D eigenvalue weighted by molar-refractivity contribution is 4.69. The normalized spacial score (nSPS) is 13.4. The van der Waals surface area contributed by atoms with Crippen LogP contribution in [0.3, 0.4) is 0 Å². The summed E-state index contributed by atoms with van der Waals surface area (Å²) < 4.78 is 10.9. The van der Waals surface area contributed by atoms with E-state index >= 15 is 0 Å². The minimum absolute atomic E-state index is 0.121. The van der Waals surface area contributed by atoms with Crippen LogP contribution >= 0.6 is 0 Å². The first-order valence-corrected chi connectivity index (χ1v) is 5.00. The Balaban J connectivity index is 3.68. The van der Waals surface area contributed by atoms with Gasteiger partial charge in [0, 0.05) is 0 Å². The summed E-state index contributed by atoms with van der Waals surface area (Å²) in [5.41, 5.74) is -0.242. The standard InChI is InChI=1S/C11H23O2/c1-7-10(3,4)12-9-13-11(5,6)8-2/h9H,7-8H2,1-6H3. The van der Waals surface area contributed by atoms with Crippen molar-refractivity contribution in [3.63, 3.8) is 0 Å². The van der Waals surface area contributed by atoms with Gasteiger partial charge in [-0.15, -0.1) is 0 Å². The van der Waals surface area contributed by atoms with Gasteiger partial charge < -0.3 is 9.47 Å². The predicted molar refractivity (Wildman–Crippen MR) is 55.2 cm³/mol. The molecule has 0 amide bonds. The largest absolute Gasteiger partial charge is 0.342 e. The van der Waals surface area contributed by atoms with Crippen LogP contribution in [-0.4, -0.2) is 11.2 Å². The minimum Gasteiger partial charge on any atom is -0.342 e. The van der Waals surface area contributed by atoms with Crippen molar-refractivity contribution in [1.29, 1.82) is 0 Å². The molecule has 0 aromatic rings. The minimum atomic E-state index is -0.121. The molecule has 0 aromatic carbocycles. The molecule has 2 nitrogen and oxygen atoms in total. The molecule has 0 aliphatic heterocycles. The van der Waals surface area contributed by atoms with E-state index in [1.165, 1.54) is 6.79 Å². The van der Waals surface area contributed by atoms with Crippen LogP contribution in [0.25, 0.3) is 0 Å². The summed E-state index contributed by atoms with van der Waals surface area (Å²) in [4.78, 5) is 0. The SMILES string of the molecule is CCC(C)(C)O[CH]OC(C)(C)CC. The van der Waals surface area contributed by atoms with E-state index in [1.54, 1.807) is 0 Å². The molecule has 0 aliphatic carbocycles. The lowest BCUT2D eigenvalue weighted by atomic mass is 10.1. The average molecular weight is 187 g/mol. The molecule has 13 heavy (non-hydrogen) atoms. The maximum Gasteiger partial charge on any atom is 0.210 e. The second-order valence-electron chi connectivity index (χ2n) is 4.56. The molecule has 0 fully saturated rings. The zero-order valence-electron chi connectivity index (χ0n) is 9.81. The Bertz CT molecular complexity index is 123. The van der Waals surface area contributed by atoms with Gasteiger partial charge >= 0.3 is 0 Å². The Morgan fingerprint density at radius 2 is 1.15 bits per heavy atom. The van der Waals surface area contributed by atoms with E-state index in [9.17, 15) is 0 Å². The molecule has 0 atom stereocenters. The fourth-order valence-corrected chi connectivity index (χ4v) is 0.451. The second kappa shape index (κ2) is 4.97. The Morgan fingerprint density at radius 1 is 0.846 bits per heavy atom. The van der Waals surface area contributed by atoms with Gasteiger partial charge in [-0.3, -0.25) is 0 Å². The first kappa shape index (κ1) is 12.9. The van der Waals surface area contributed by atoms with Crippen LogP contribution in [0.1, 0.15) is 54.4 Å².